The maximum absolute atomic E-state index is 4.19. The number of hydrogen-bond acceptors (Lipinski definition) is 1. The van der Waals surface area contributed by atoms with Crippen molar-refractivity contribution in [3.05, 3.63) is 64.5 Å². The fourth-order valence-corrected chi connectivity index (χ4v) is 2.79. The SMILES string of the molecule is Ic1cc(-c2ccccc2)cc2cnccc12. The van der Waals surface area contributed by atoms with Gasteiger partial charge in [-0.1, -0.05) is 30.3 Å². The first kappa shape index (κ1) is 10.7. The van der Waals surface area contributed by atoms with Crippen LogP contribution in [-0.2, 0) is 0 Å². The predicted molar refractivity (Wildman–Crippen MR) is 79.9 cm³/mol. The lowest BCUT2D eigenvalue weighted by molar-refractivity contribution is 1.36. The third-order valence-electron chi connectivity index (χ3n) is 2.81. The first-order valence-corrected chi connectivity index (χ1v) is 6.51. The molecule has 0 saturated carbocycles. The van der Waals surface area contributed by atoms with Gasteiger partial charge in [0.2, 0.25) is 0 Å². The molecule has 0 atom stereocenters. The van der Waals surface area contributed by atoms with E-state index in [9.17, 15) is 0 Å². The second kappa shape index (κ2) is 4.45. The Balaban J connectivity index is 2.26. The molecule has 0 aliphatic heterocycles. The topological polar surface area (TPSA) is 12.9 Å². The van der Waals surface area contributed by atoms with Crippen LogP contribution >= 0.6 is 22.6 Å². The first-order valence-electron chi connectivity index (χ1n) is 5.43. The summed E-state index contributed by atoms with van der Waals surface area (Å²) in [6, 6.07) is 16.9. The molecule has 0 fully saturated rings. The molecule has 3 rings (SSSR count). The number of rotatable bonds is 1. The van der Waals surface area contributed by atoms with Gasteiger partial charge in [-0.05, 0) is 57.3 Å². The molecule has 0 aliphatic carbocycles. The average Bonchev–Trinajstić information content (AvgIpc) is 2.40. The van der Waals surface area contributed by atoms with Gasteiger partial charge in [0.25, 0.3) is 0 Å². The fourth-order valence-electron chi connectivity index (χ4n) is 1.96. The lowest BCUT2D eigenvalue weighted by atomic mass is 10.0. The normalized spacial score (nSPS) is 10.6. The number of nitrogens with zero attached hydrogens (tertiary/aromatic N) is 1. The highest BCUT2D eigenvalue weighted by atomic mass is 127. The van der Waals surface area contributed by atoms with Crippen molar-refractivity contribution in [1.29, 1.82) is 0 Å². The third kappa shape index (κ3) is 2.05. The second-order valence-corrected chi connectivity index (χ2v) is 5.08. The maximum Gasteiger partial charge on any atom is 0.0346 e. The van der Waals surface area contributed by atoms with E-state index in [0.717, 1.165) is 0 Å². The Kier molecular flexibility index (Phi) is 2.81. The second-order valence-electron chi connectivity index (χ2n) is 3.92. The molecule has 2 aromatic carbocycles. The van der Waals surface area contributed by atoms with Crippen LogP contribution in [0.3, 0.4) is 0 Å². The molecule has 0 N–H and O–H groups in total. The highest BCUT2D eigenvalue weighted by Crippen LogP contribution is 2.27. The Hall–Kier alpha value is -1.42. The van der Waals surface area contributed by atoms with Gasteiger partial charge in [-0.15, -0.1) is 0 Å². The molecule has 1 nitrogen and oxygen atoms in total. The van der Waals surface area contributed by atoms with Gasteiger partial charge in [0, 0.05) is 21.4 Å². The number of fused-ring (bicyclic) bond motifs is 1. The van der Waals surface area contributed by atoms with Crippen molar-refractivity contribution < 1.29 is 0 Å². The molecule has 3 aromatic rings. The summed E-state index contributed by atoms with van der Waals surface area (Å²) in [5, 5.41) is 2.46. The summed E-state index contributed by atoms with van der Waals surface area (Å²) in [6.07, 6.45) is 3.76. The van der Waals surface area contributed by atoms with E-state index >= 15 is 0 Å². The highest BCUT2D eigenvalue weighted by Gasteiger charge is 2.03. The minimum absolute atomic E-state index is 1.19. The molecule has 0 radical (unpaired) electrons. The van der Waals surface area contributed by atoms with Crippen LogP contribution in [0.25, 0.3) is 21.9 Å². The molecule has 0 aliphatic rings. The van der Waals surface area contributed by atoms with Crippen LogP contribution in [0.5, 0.6) is 0 Å². The number of pyridine rings is 1. The van der Waals surface area contributed by atoms with E-state index in [2.05, 4.69) is 70.0 Å². The van der Waals surface area contributed by atoms with Gasteiger partial charge in [-0.2, -0.15) is 0 Å². The molecule has 0 spiro atoms. The van der Waals surface area contributed by atoms with Gasteiger partial charge < -0.3 is 0 Å². The summed E-state index contributed by atoms with van der Waals surface area (Å²) in [5.74, 6) is 0. The summed E-state index contributed by atoms with van der Waals surface area (Å²) in [4.78, 5) is 4.19. The van der Waals surface area contributed by atoms with Gasteiger partial charge in [-0.3, -0.25) is 4.98 Å². The van der Waals surface area contributed by atoms with Crippen molar-refractivity contribution in [2.45, 2.75) is 0 Å². The van der Waals surface area contributed by atoms with Crippen LogP contribution in [0.4, 0.5) is 0 Å². The average molecular weight is 331 g/mol. The fraction of sp³-hybridized carbons (Fsp3) is 0. The van der Waals surface area contributed by atoms with E-state index in [0.29, 0.717) is 0 Å². The number of benzene rings is 2. The summed E-state index contributed by atoms with van der Waals surface area (Å²) < 4.78 is 1.27. The Morgan fingerprint density at radius 3 is 2.53 bits per heavy atom. The van der Waals surface area contributed by atoms with Crippen molar-refractivity contribution in [3.8, 4) is 11.1 Å². The van der Waals surface area contributed by atoms with E-state index < -0.39 is 0 Å². The van der Waals surface area contributed by atoms with E-state index in [1.165, 1.54) is 25.5 Å². The Morgan fingerprint density at radius 2 is 1.71 bits per heavy atom. The quantitative estimate of drug-likeness (QED) is 0.598. The summed E-state index contributed by atoms with van der Waals surface area (Å²) >= 11 is 2.38. The lowest BCUT2D eigenvalue weighted by Gasteiger charge is -2.06. The largest absolute Gasteiger partial charge is 0.264 e. The lowest BCUT2D eigenvalue weighted by Crippen LogP contribution is -1.83. The highest BCUT2D eigenvalue weighted by molar-refractivity contribution is 14.1. The van der Waals surface area contributed by atoms with Gasteiger partial charge in [0.1, 0.15) is 0 Å². The van der Waals surface area contributed by atoms with Gasteiger partial charge in [-0.25, -0.2) is 0 Å². The number of hydrogen-bond donors (Lipinski definition) is 0. The molecule has 1 aromatic heterocycles. The summed E-state index contributed by atoms with van der Waals surface area (Å²) in [6.45, 7) is 0. The van der Waals surface area contributed by atoms with Gasteiger partial charge >= 0.3 is 0 Å². The molecule has 17 heavy (non-hydrogen) atoms. The van der Waals surface area contributed by atoms with Crippen molar-refractivity contribution in [2.24, 2.45) is 0 Å². The number of aromatic nitrogens is 1. The van der Waals surface area contributed by atoms with Crippen LogP contribution in [-0.4, -0.2) is 4.98 Å². The van der Waals surface area contributed by atoms with Crippen molar-refractivity contribution in [3.63, 3.8) is 0 Å². The minimum Gasteiger partial charge on any atom is -0.264 e. The zero-order valence-electron chi connectivity index (χ0n) is 9.10. The van der Waals surface area contributed by atoms with Crippen molar-refractivity contribution >= 4 is 33.4 Å². The maximum atomic E-state index is 4.19. The zero-order valence-corrected chi connectivity index (χ0v) is 11.3. The third-order valence-corrected chi connectivity index (χ3v) is 3.70. The molecule has 0 amide bonds. The molecule has 2 heteroatoms. The standard InChI is InChI=1S/C15H10IN/c16-15-9-12(11-4-2-1-3-5-11)8-13-10-17-7-6-14(13)15/h1-10H. The smallest absolute Gasteiger partial charge is 0.0346 e. The van der Waals surface area contributed by atoms with Crippen molar-refractivity contribution in [2.75, 3.05) is 0 Å². The summed E-state index contributed by atoms with van der Waals surface area (Å²) in [5.41, 5.74) is 2.49. The zero-order chi connectivity index (χ0) is 11.7. The minimum atomic E-state index is 1.19. The van der Waals surface area contributed by atoms with E-state index in [-0.39, 0.29) is 0 Å². The summed E-state index contributed by atoms with van der Waals surface area (Å²) in [7, 11) is 0. The van der Waals surface area contributed by atoms with Crippen LogP contribution < -0.4 is 0 Å². The Morgan fingerprint density at radius 1 is 0.882 bits per heavy atom. The Labute approximate surface area is 114 Å². The van der Waals surface area contributed by atoms with Crippen molar-refractivity contribution in [1.82, 2.24) is 4.98 Å². The van der Waals surface area contributed by atoms with Crippen LogP contribution in [0.2, 0.25) is 0 Å². The van der Waals surface area contributed by atoms with Crippen LogP contribution in [0.1, 0.15) is 0 Å². The monoisotopic (exact) mass is 331 g/mol. The molecule has 0 saturated heterocycles. The van der Waals surface area contributed by atoms with Gasteiger partial charge in [0.05, 0.1) is 0 Å². The van der Waals surface area contributed by atoms with E-state index in [1.54, 1.807) is 0 Å². The molecule has 0 unspecified atom stereocenters. The molecule has 1 heterocycles. The van der Waals surface area contributed by atoms with Crippen LogP contribution in [0, 0.1) is 3.57 Å². The van der Waals surface area contributed by atoms with Crippen LogP contribution in [0.15, 0.2) is 60.9 Å². The van der Waals surface area contributed by atoms with E-state index in [1.807, 2.05) is 18.5 Å². The molecule has 0 bridgehead atoms. The van der Waals surface area contributed by atoms with E-state index in [4.69, 9.17) is 0 Å². The Bertz CT molecular complexity index is 662. The first-order chi connectivity index (χ1) is 8.34. The van der Waals surface area contributed by atoms with Gasteiger partial charge in [0.15, 0.2) is 0 Å². The number of halogens is 1. The molecular weight excluding hydrogens is 321 g/mol. The molecular formula is C15H10IN. The molecule has 82 valence electrons. The predicted octanol–water partition coefficient (Wildman–Crippen LogP) is 4.51.